The summed E-state index contributed by atoms with van der Waals surface area (Å²) in [4.78, 5) is 0. The molecule has 0 bridgehead atoms. The fraction of sp³-hybridized carbons (Fsp3) is 0.625. The predicted molar refractivity (Wildman–Crippen MR) is 83.1 cm³/mol. The third kappa shape index (κ3) is 5.90. The molecule has 0 saturated heterocycles. The molecule has 0 saturated carbocycles. The predicted octanol–water partition coefficient (Wildman–Crippen LogP) is 1.71. The van der Waals surface area contributed by atoms with Gasteiger partial charge in [0.15, 0.2) is 0 Å². The van der Waals surface area contributed by atoms with E-state index in [1.165, 1.54) is 5.56 Å². The Kier molecular flexibility index (Phi) is 7.59. The Morgan fingerprint density at radius 2 is 1.95 bits per heavy atom. The maximum absolute atomic E-state index is 8.78. The Labute approximate surface area is 122 Å². The standard InChI is InChI=1S/C16H28N2O2/c1-16(13-17,18-11-3-4-12-19)10-9-14-5-7-15(20-2)8-6-14/h5-8,18-19H,3-4,9-13,17H2,1-2H3. The third-order valence-corrected chi connectivity index (χ3v) is 3.71. The summed E-state index contributed by atoms with van der Waals surface area (Å²) in [5.74, 6) is 0.887. The first-order valence-electron chi connectivity index (χ1n) is 7.32. The van der Waals surface area contributed by atoms with Crippen LogP contribution in [0.5, 0.6) is 5.75 Å². The number of unbranched alkanes of at least 4 members (excludes halogenated alkanes) is 1. The lowest BCUT2D eigenvalue weighted by molar-refractivity contribution is 0.275. The van der Waals surface area contributed by atoms with E-state index in [1.807, 2.05) is 12.1 Å². The Balaban J connectivity index is 2.41. The molecule has 0 amide bonds. The van der Waals surface area contributed by atoms with E-state index in [2.05, 4.69) is 24.4 Å². The second-order valence-electron chi connectivity index (χ2n) is 5.47. The van der Waals surface area contributed by atoms with Gasteiger partial charge in [0, 0.05) is 18.7 Å². The first-order valence-corrected chi connectivity index (χ1v) is 7.32. The number of nitrogens with two attached hydrogens (primary N) is 1. The lowest BCUT2D eigenvalue weighted by atomic mass is 9.93. The van der Waals surface area contributed by atoms with E-state index in [0.717, 1.165) is 38.0 Å². The average molecular weight is 280 g/mol. The van der Waals surface area contributed by atoms with Crippen molar-refractivity contribution in [2.45, 2.75) is 38.1 Å². The summed E-state index contributed by atoms with van der Waals surface area (Å²) in [7, 11) is 1.68. The number of methoxy groups -OCH3 is 1. The summed E-state index contributed by atoms with van der Waals surface area (Å²) < 4.78 is 5.16. The average Bonchev–Trinajstić information content (AvgIpc) is 2.50. The van der Waals surface area contributed by atoms with Crippen LogP contribution in [0.2, 0.25) is 0 Å². The monoisotopic (exact) mass is 280 g/mol. The number of aliphatic hydroxyl groups excluding tert-OH is 1. The van der Waals surface area contributed by atoms with Crippen LogP contribution in [0, 0.1) is 0 Å². The maximum atomic E-state index is 8.78. The number of aliphatic hydroxyl groups is 1. The second kappa shape index (κ2) is 8.95. The van der Waals surface area contributed by atoms with E-state index >= 15 is 0 Å². The lowest BCUT2D eigenvalue weighted by Crippen LogP contribution is -2.49. The third-order valence-electron chi connectivity index (χ3n) is 3.71. The Morgan fingerprint density at radius 1 is 1.25 bits per heavy atom. The molecule has 0 aliphatic rings. The molecule has 20 heavy (non-hydrogen) atoms. The lowest BCUT2D eigenvalue weighted by Gasteiger charge is -2.30. The minimum atomic E-state index is -0.0462. The highest BCUT2D eigenvalue weighted by molar-refractivity contribution is 5.27. The van der Waals surface area contributed by atoms with Crippen molar-refractivity contribution in [3.05, 3.63) is 29.8 Å². The van der Waals surface area contributed by atoms with Crippen molar-refractivity contribution in [1.82, 2.24) is 5.32 Å². The molecule has 0 aromatic heterocycles. The normalized spacial score (nSPS) is 14.0. The first-order chi connectivity index (χ1) is 9.63. The smallest absolute Gasteiger partial charge is 0.118 e. The van der Waals surface area contributed by atoms with E-state index in [4.69, 9.17) is 15.6 Å². The number of ether oxygens (including phenoxy) is 1. The van der Waals surface area contributed by atoms with E-state index < -0.39 is 0 Å². The summed E-state index contributed by atoms with van der Waals surface area (Å²) in [6.45, 7) is 3.93. The van der Waals surface area contributed by atoms with Crippen LogP contribution >= 0.6 is 0 Å². The number of nitrogens with one attached hydrogen (secondary N) is 1. The molecule has 0 fully saturated rings. The molecule has 4 nitrogen and oxygen atoms in total. The van der Waals surface area contributed by atoms with Gasteiger partial charge in [-0.2, -0.15) is 0 Å². The largest absolute Gasteiger partial charge is 0.497 e. The zero-order valence-corrected chi connectivity index (χ0v) is 12.7. The molecule has 1 aromatic rings. The van der Waals surface area contributed by atoms with Gasteiger partial charge in [-0.1, -0.05) is 12.1 Å². The fourth-order valence-corrected chi connectivity index (χ4v) is 2.10. The summed E-state index contributed by atoms with van der Waals surface area (Å²) in [5.41, 5.74) is 7.15. The highest BCUT2D eigenvalue weighted by Gasteiger charge is 2.20. The summed E-state index contributed by atoms with van der Waals surface area (Å²) >= 11 is 0. The highest BCUT2D eigenvalue weighted by Crippen LogP contribution is 2.16. The van der Waals surface area contributed by atoms with Crippen LogP contribution in [0.1, 0.15) is 31.7 Å². The van der Waals surface area contributed by atoms with Crippen molar-refractivity contribution in [2.24, 2.45) is 5.73 Å². The quantitative estimate of drug-likeness (QED) is 0.571. The number of benzene rings is 1. The first kappa shape index (κ1) is 17.0. The number of rotatable bonds is 10. The van der Waals surface area contributed by atoms with Gasteiger partial charge in [-0.25, -0.2) is 0 Å². The molecule has 1 rings (SSSR count). The topological polar surface area (TPSA) is 67.5 Å². The molecule has 0 spiro atoms. The van der Waals surface area contributed by atoms with Crippen LogP contribution in [0.25, 0.3) is 0 Å². The van der Waals surface area contributed by atoms with Crippen LogP contribution in [0.15, 0.2) is 24.3 Å². The zero-order chi connectivity index (χ0) is 14.8. The summed E-state index contributed by atoms with van der Waals surface area (Å²) in [5, 5.41) is 12.3. The summed E-state index contributed by atoms with van der Waals surface area (Å²) in [6, 6.07) is 8.18. The van der Waals surface area contributed by atoms with Crippen LogP contribution in [0.3, 0.4) is 0 Å². The molecule has 0 aliphatic heterocycles. The second-order valence-corrected chi connectivity index (χ2v) is 5.47. The molecule has 1 aromatic carbocycles. The molecule has 1 atom stereocenters. The van der Waals surface area contributed by atoms with Gasteiger partial charge in [0.25, 0.3) is 0 Å². The Morgan fingerprint density at radius 3 is 2.50 bits per heavy atom. The summed E-state index contributed by atoms with van der Waals surface area (Å²) in [6.07, 6.45) is 3.81. The zero-order valence-electron chi connectivity index (χ0n) is 12.7. The van der Waals surface area contributed by atoms with Crippen molar-refractivity contribution in [1.29, 1.82) is 0 Å². The van der Waals surface area contributed by atoms with Crippen LogP contribution in [0.4, 0.5) is 0 Å². The maximum Gasteiger partial charge on any atom is 0.118 e. The van der Waals surface area contributed by atoms with Crippen LogP contribution in [-0.2, 0) is 6.42 Å². The van der Waals surface area contributed by atoms with Crippen molar-refractivity contribution >= 4 is 0 Å². The van der Waals surface area contributed by atoms with Gasteiger partial charge in [0.05, 0.1) is 7.11 Å². The SMILES string of the molecule is COc1ccc(CCC(C)(CN)NCCCCO)cc1. The van der Waals surface area contributed by atoms with Gasteiger partial charge in [0.1, 0.15) is 5.75 Å². The molecule has 0 aliphatic carbocycles. The van der Waals surface area contributed by atoms with Crippen molar-refractivity contribution in [2.75, 3.05) is 26.8 Å². The van der Waals surface area contributed by atoms with Crippen molar-refractivity contribution in [3.63, 3.8) is 0 Å². The van der Waals surface area contributed by atoms with E-state index in [9.17, 15) is 0 Å². The van der Waals surface area contributed by atoms with Crippen LogP contribution < -0.4 is 15.8 Å². The number of hydrogen-bond donors (Lipinski definition) is 3. The molecule has 1 unspecified atom stereocenters. The molecule has 114 valence electrons. The minimum Gasteiger partial charge on any atom is -0.497 e. The van der Waals surface area contributed by atoms with E-state index in [-0.39, 0.29) is 12.1 Å². The highest BCUT2D eigenvalue weighted by atomic mass is 16.5. The Hall–Kier alpha value is -1.10. The molecular weight excluding hydrogens is 252 g/mol. The molecule has 0 radical (unpaired) electrons. The van der Waals surface area contributed by atoms with Gasteiger partial charge in [-0.15, -0.1) is 0 Å². The van der Waals surface area contributed by atoms with Gasteiger partial charge in [-0.05, 0) is 56.8 Å². The van der Waals surface area contributed by atoms with Crippen molar-refractivity contribution in [3.8, 4) is 5.75 Å². The molecule has 4 heteroatoms. The van der Waals surface area contributed by atoms with Gasteiger partial charge in [0.2, 0.25) is 0 Å². The number of aryl methyl sites for hydroxylation is 1. The minimum absolute atomic E-state index is 0.0462. The molecule has 0 heterocycles. The Bertz CT molecular complexity index is 367. The van der Waals surface area contributed by atoms with E-state index in [0.29, 0.717) is 6.54 Å². The van der Waals surface area contributed by atoms with Gasteiger partial charge < -0.3 is 20.9 Å². The van der Waals surface area contributed by atoms with Crippen LogP contribution in [-0.4, -0.2) is 37.5 Å². The van der Waals surface area contributed by atoms with Crippen molar-refractivity contribution < 1.29 is 9.84 Å². The fourth-order valence-electron chi connectivity index (χ4n) is 2.10. The van der Waals surface area contributed by atoms with E-state index in [1.54, 1.807) is 7.11 Å². The van der Waals surface area contributed by atoms with Gasteiger partial charge in [-0.3, -0.25) is 0 Å². The molecular formula is C16H28N2O2. The molecule has 4 N–H and O–H groups in total. The van der Waals surface area contributed by atoms with Gasteiger partial charge >= 0.3 is 0 Å². The number of hydrogen-bond acceptors (Lipinski definition) is 4.